The predicted molar refractivity (Wildman–Crippen MR) is 74.6 cm³/mol. The van der Waals surface area contributed by atoms with E-state index < -0.39 is 17.0 Å². The Morgan fingerprint density at radius 1 is 1.20 bits per heavy atom. The molecule has 2 aliphatic rings. The van der Waals surface area contributed by atoms with Crippen molar-refractivity contribution in [2.75, 3.05) is 19.6 Å². The Hall–Kier alpha value is -1.65. The Morgan fingerprint density at radius 2 is 1.85 bits per heavy atom. The van der Waals surface area contributed by atoms with Crippen LogP contribution in [0, 0.1) is 11.6 Å². The predicted octanol–water partition coefficient (Wildman–Crippen LogP) is 2.41. The molecular formula is C15H19F2N3. The maximum absolute atomic E-state index is 14.0. The van der Waals surface area contributed by atoms with Gasteiger partial charge in [-0.3, -0.25) is 4.99 Å². The third-order valence-corrected chi connectivity index (χ3v) is 4.53. The lowest BCUT2D eigenvalue weighted by molar-refractivity contribution is 0.233. The van der Waals surface area contributed by atoms with E-state index in [4.69, 9.17) is 5.73 Å². The molecule has 0 radical (unpaired) electrons. The van der Waals surface area contributed by atoms with Gasteiger partial charge in [-0.25, -0.2) is 8.78 Å². The van der Waals surface area contributed by atoms with E-state index in [-0.39, 0.29) is 5.56 Å². The van der Waals surface area contributed by atoms with Gasteiger partial charge in [-0.05, 0) is 31.4 Å². The molecule has 20 heavy (non-hydrogen) atoms. The molecule has 0 atom stereocenters. The zero-order chi connectivity index (χ0) is 14.2. The fourth-order valence-electron chi connectivity index (χ4n) is 2.97. The molecule has 0 amide bonds. The maximum Gasteiger partial charge on any atom is 0.191 e. The SMILES string of the molecule is NC(=NCC1(c2c(F)cccc2F)CCC1)N1CCC1. The number of guanidine groups is 1. The number of hydrogen-bond acceptors (Lipinski definition) is 1. The molecule has 0 aromatic heterocycles. The normalized spacial score (nSPS) is 21.3. The number of nitrogens with zero attached hydrogens (tertiary/aromatic N) is 2. The zero-order valence-corrected chi connectivity index (χ0v) is 11.4. The molecule has 1 saturated carbocycles. The minimum absolute atomic E-state index is 0.186. The first kappa shape index (κ1) is 13.3. The van der Waals surface area contributed by atoms with E-state index >= 15 is 0 Å². The monoisotopic (exact) mass is 279 g/mol. The summed E-state index contributed by atoms with van der Waals surface area (Å²) in [4.78, 5) is 6.38. The summed E-state index contributed by atoms with van der Waals surface area (Å²) in [7, 11) is 0. The minimum atomic E-state index is -0.509. The average molecular weight is 279 g/mol. The second-order valence-corrected chi connectivity index (χ2v) is 5.75. The van der Waals surface area contributed by atoms with E-state index in [9.17, 15) is 8.78 Å². The highest BCUT2D eigenvalue weighted by atomic mass is 19.1. The molecular weight excluding hydrogens is 260 g/mol. The van der Waals surface area contributed by atoms with Gasteiger partial charge in [0.2, 0.25) is 0 Å². The van der Waals surface area contributed by atoms with Crippen molar-refractivity contribution in [3.63, 3.8) is 0 Å². The number of nitrogens with two attached hydrogens (primary N) is 1. The molecule has 5 heteroatoms. The summed E-state index contributed by atoms with van der Waals surface area (Å²) in [5.74, 6) is -0.441. The fourth-order valence-corrected chi connectivity index (χ4v) is 2.97. The number of halogens is 2. The quantitative estimate of drug-likeness (QED) is 0.682. The Balaban J connectivity index is 1.84. The average Bonchev–Trinajstić information content (AvgIpc) is 2.28. The minimum Gasteiger partial charge on any atom is -0.370 e. The summed E-state index contributed by atoms with van der Waals surface area (Å²) in [5.41, 5.74) is 5.59. The summed E-state index contributed by atoms with van der Waals surface area (Å²) < 4.78 is 28.0. The van der Waals surface area contributed by atoms with Crippen LogP contribution in [0.5, 0.6) is 0 Å². The summed E-state index contributed by atoms with van der Waals surface area (Å²) in [6.45, 7) is 2.22. The third-order valence-electron chi connectivity index (χ3n) is 4.53. The molecule has 1 heterocycles. The Kier molecular flexibility index (Phi) is 3.36. The summed E-state index contributed by atoms with van der Waals surface area (Å²) >= 11 is 0. The van der Waals surface area contributed by atoms with Crippen LogP contribution in [0.15, 0.2) is 23.2 Å². The van der Waals surface area contributed by atoms with Crippen LogP contribution in [-0.4, -0.2) is 30.5 Å². The Bertz CT molecular complexity index is 514. The molecule has 0 bridgehead atoms. The third kappa shape index (κ3) is 2.15. The first-order chi connectivity index (χ1) is 9.62. The molecule has 2 fully saturated rings. The van der Waals surface area contributed by atoms with Crippen molar-refractivity contribution in [2.24, 2.45) is 10.7 Å². The highest BCUT2D eigenvalue weighted by molar-refractivity contribution is 5.78. The smallest absolute Gasteiger partial charge is 0.191 e. The van der Waals surface area contributed by atoms with Crippen molar-refractivity contribution in [3.05, 3.63) is 35.4 Å². The summed E-state index contributed by atoms with van der Waals surface area (Å²) in [6, 6.07) is 4.04. The van der Waals surface area contributed by atoms with Crippen molar-refractivity contribution in [1.29, 1.82) is 0 Å². The summed E-state index contributed by atoms with van der Waals surface area (Å²) in [6.07, 6.45) is 3.64. The maximum atomic E-state index is 14.0. The van der Waals surface area contributed by atoms with Gasteiger partial charge in [0.1, 0.15) is 11.6 Å². The molecule has 0 spiro atoms. The first-order valence-electron chi connectivity index (χ1n) is 7.12. The topological polar surface area (TPSA) is 41.6 Å². The Morgan fingerprint density at radius 3 is 2.30 bits per heavy atom. The van der Waals surface area contributed by atoms with E-state index in [1.165, 1.54) is 18.2 Å². The van der Waals surface area contributed by atoms with Crippen LogP contribution >= 0.6 is 0 Å². The van der Waals surface area contributed by atoms with Crippen LogP contribution in [0.3, 0.4) is 0 Å². The van der Waals surface area contributed by atoms with E-state index in [2.05, 4.69) is 4.99 Å². The number of likely N-dealkylation sites (tertiary alicyclic amines) is 1. The second kappa shape index (κ2) is 5.04. The highest BCUT2D eigenvalue weighted by Gasteiger charge is 2.42. The first-order valence-corrected chi connectivity index (χ1v) is 7.12. The van der Waals surface area contributed by atoms with E-state index in [0.717, 1.165) is 38.8 Å². The van der Waals surface area contributed by atoms with Crippen molar-refractivity contribution < 1.29 is 8.78 Å². The van der Waals surface area contributed by atoms with Gasteiger partial charge in [-0.15, -0.1) is 0 Å². The van der Waals surface area contributed by atoms with E-state index in [0.29, 0.717) is 12.5 Å². The van der Waals surface area contributed by atoms with Gasteiger partial charge in [0.05, 0.1) is 6.54 Å². The number of aliphatic imine (C=N–C) groups is 1. The molecule has 3 nitrogen and oxygen atoms in total. The number of benzene rings is 1. The molecule has 0 unspecified atom stereocenters. The van der Waals surface area contributed by atoms with Crippen LogP contribution in [0.25, 0.3) is 0 Å². The van der Waals surface area contributed by atoms with Crippen molar-refractivity contribution in [2.45, 2.75) is 31.1 Å². The van der Waals surface area contributed by atoms with Crippen molar-refractivity contribution in [1.82, 2.24) is 4.90 Å². The van der Waals surface area contributed by atoms with Crippen LogP contribution in [-0.2, 0) is 5.41 Å². The fraction of sp³-hybridized carbons (Fsp3) is 0.533. The molecule has 1 aliphatic carbocycles. The van der Waals surface area contributed by atoms with Crippen LogP contribution in [0.1, 0.15) is 31.2 Å². The number of hydrogen-bond donors (Lipinski definition) is 1. The molecule has 1 aliphatic heterocycles. The lowest BCUT2D eigenvalue weighted by Gasteiger charge is -2.42. The van der Waals surface area contributed by atoms with Crippen LogP contribution in [0.4, 0.5) is 8.78 Å². The zero-order valence-electron chi connectivity index (χ0n) is 11.4. The number of rotatable bonds is 3. The van der Waals surface area contributed by atoms with E-state index in [1.807, 2.05) is 4.90 Å². The van der Waals surface area contributed by atoms with Gasteiger partial charge in [0.15, 0.2) is 5.96 Å². The highest BCUT2D eigenvalue weighted by Crippen LogP contribution is 2.46. The molecule has 1 aromatic carbocycles. The molecule has 1 aromatic rings. The lowest BCUT2D eigenvalue weighted by atomic mass is 9.64. The molecule has 2 N–H and O–H groups in total. The standard InChI is InChI=1S/C15H19F2N3/c16-11-4-1-5-12(17)13(11)15(6-2-7-15)10-19-14(18)20-8-3-9-20/h1,4-5H,2-3,6-10H2,(H2,18,19). The van der Waals surface area contributed by atoms with Gasteiger partial charge < -0.3 is 10.6 Å². The molecule has 108 valence electrons. The van der Waals surface area contributed by atoms with Gasteiger partial charge in [0.25, 0.3) is 0 Å². The molecule has 3 rings (SSSR count). The van der Waals surface area contributed by atoms with Crippen LogP contribution in [0.2, 0.25) is 0 Å². The van der Waals surface area contributed by atoms with Gasteiger partial charge in [-0.2, -0.15) is 0 Å². The second-order valence-electron chi connectivity index (χ2n) is 5.75. The van der Waals surface area contributed by atoms with Crippen molar-refractivity contribution >= 4 is 5.96 Å². The summed E-state index contributed by atoms with van der Waals surface area (Å²) in [5, 5.41) is 0. The van der Waals surface area contributed by atoms with E-state index in [1.54, 1.807) is 0 Å². The van der Waals surface area contributed by atoms with Crippen molar-refractivity contribution in [3.8, 4) is 0 Å². The largest absolute Gasteiger partial charge is 0.370 e. The van der Waals surface area contributed by atoms with Gasteiger partial charge in [0, 0.05) is 24.1 Å². The van der Waals surface area contributed by atoms with Gasteiger partial charge in [-0.1, -0.05) is 12.5 Å². The Labute approximate surface area is 117 Å². The van der Waals surface area contributed by atoms with Crippen LogP contribution < -0.4 is 5.73 Å². The molecule has 1 saturated heterocycles. The lowest BCUT2D eigenvalue weighted by Crippen LogP contribution is -2.47. The van der Waals surface area contributed by atoms with Gasteiger partial charge >= 0.3 is 0 Å².